The first-order valence-corrected chi connectivity index (χ1v) is 3.54. The maximum Gasteiger partial charge on any atom is 0.227 e. The van der Waals surface area contributed by atoms with Gasteiger partial charge in [0.1, 0.15) is 0 Å². The van der Waals surface area contributed by atoms with Crippen LogP contribution in [0.5, 0.6) is 0 Å². The number of nitrogens with zero attached hydrogens (tertiary/aromatic N) is 3. The Labute approximate surface area is 71.0 Å². The van der Waals surface area contributed by atoms with Crippen molar-refractivity contribution in [3.8, 4) is 0 Å². The van der Waals surface area contributed by atoms with Gasteiger partial charge in [-0.3, -0.25) is 0 Å². The largest absolute Gasteiger partial charge is 0.357 e. The number of hydrogen-bond donors (Lipinski definition) is 2. The molecule has 0 saturated heterocycles. The first-order valence-electron chi connectivity index (χ1n) is 3.54. The molecule has 5 nitrogen and oxygen atoms in total. The van der Waals surface area contributed by atoms with Gasteiger partial charge in [0.05, 0.1) is 0 Å². The summed E-state index contributed by atoms with van der Waals surface area (Å²) in [6.45, 7) is 3.57. The molecule has 0 spiro atoms. The standard InChI is InChI=1S/C7H11N5/c1-4-5-10-6(8-2)12-7(9-3)11-5/h4H,1H2,2-3H3,(H2,8,9,10,11,12). The summed E-state index contributed by atoms with van der Waals surface area (Å²) in [4.78, 5) is 12.1. The van der Waals surface area contributed by atoms with Crippen LogP contribution in [0.3, 0.4) is 0 Å². The third-order valence-corrected chi connectivity index (χ3v) is 1.28. The lowest BCUT2D eigenvalue weighted by atomic mass is 10.6. The highest BCUT2D eigenvalue weighted by Crippen LogP contribution is 2.04. The average Bonchev–Trinajstić information content (AvgIpc) is 2.16. The van der Waals surface area contributed by atoms with Crippen LogP contribution in [0, 0.1) is 0 Å². The van der Waals surface area contributed by atoms with Crippen LogP contribution < -0.4 is 10.6 Å². The maximum absolute atomic E-state index is 4.03. The lowest BCUT2D eigenvalue weighted by Crippen LogP contribution is -2.04. The van der Waals surface area contributed by atoms with Crippen LogP contribution in [-0.4, -0.2) is 29.0 Å². The Kier molecular flexibility index (Phi) is 2.57. The van der Waals surface area contributed by atoms with Crippen molar-refractivity contribution in [2.75, 3.05) is 24.7 Å². The van der Waals surface area contributed by atoms with Crippen molar-refractivity contribution in [1.29, 1.82) is 0 Å². The molecule has 12 heavy (non-hydrogen) atoms. The van der Waals surface area contributed by atoms with Gasteiger partial charge in [-0.2, -0.15) is 15.0 Å². The van der Waals surface area contributed by atoms with E-state index in [0.717, 1.165) is 0 Å². The zero-order chi connectivity index (χ0) is 8.97. The third-order valence-electron chi connectivity index (χ3n) is 1.28. The molecule has 0 saturated carbocycles. The van der Waals surface area contributed by atoms with Crippen LogP contribution in [-0.2, 0) is 0 Å². The van der Waals surface area contributed by atoms with E-state index in [9.17, 15) is 0 Å². The molecule has 0 amide bonds. The van der Waals surface area contributed by atoms with Crippen molar-refractivity contribution in [2.24, 2.45) is 0 Å². The molecule has 0 aliphatic carbocycles. The normalized spacial score (nSPS) is 9.17. The molecular weight excluding hydrogens is 154 g/mol. The van der Waals surface area contributed by atoms with E-state index in [0.29, 0.717) is 17.7 Å². The molecule has 2 N–H and O–H groups in total. The second-order valence-corrected chi connectivity index (χ2v) is 2.04. The van der Waals surface area contributed by atoms with Gasteiger partial charge in [-0.1, -0.05) is 6.58 Å². The topological polar surface area (TPSA) is 62.7 Å². The monoisotopic (exact) mass is 165 g/mol. The fourth-order valence-electron chi connectivity index (χ4n) is 0.707. The Morgan fingerprint density at radius 1 is 1.08 bits per heavy atom. The fourth-order valence-corrected chi connectivity index (χ4v) is 0.707. The lowest BCUT2D eigenvalue weighted by molar-refractivity contribution is 1.03. The van der Waals surface area contributed by atoms with Crippen LogP contribution in [0.1, 0.15) is 5.82 Å². The van der Waals surface area contributed by atoms with E-state index < -0.39 is 0 Å². The van der Waals surface area contributed by atoms with Gasteiger partial charge in [0, 0.05) is 14.1 Å². The minimum atomic E-state index is 0.532. The number of nitrogens with one attached hydrogen (secondary N) is 2. The Balaban J connectivity index is 3.09. The van der Waals surface area contributed by atoms with Gasteiger partial charge in [0.2, 0.25) is 11.9 Å². The Morgan fingerprint density at radius 3 is 1.92 bits per heavy atom. The second kappa shape index (κ2) is 3.66. The fraction of sp³-hybridized carbons (Fsp3) is 0.286. The van der Waals surface area contributed by atoms with Crippen molar-refractivity contribution in [1.82, 2.24) is 15.0 Å². The Morgan fingerprint density at radius 2 is 1.58 bits per heavy atom. The molecule has 5 heteroatoms. The highest BCUT2D eigenvalue weighted by molar-refractivity contribution is 5.43. The molecule has 0 aliphatic rings. The first-order chi connectivity index (χ1) is 5.80. The molecule has 0 radical (unpaired) electrons. The highest BCUT2D eigenvalue weighted by Gasteiger charge is 1.99. The van der Waals surface area contributed by atoms with E-state index in [-0.39, 0.29) is 0 Å². The molecular formula is C7H11N5. The van der Waals surface area contributed by atoms with Crippen molar-refractivity contribution >= 4 is 18.0 Å². The Bertz CT molecular complexity index is 261. The van der Waals surface area contributed by atoms with Crippen LogP contribution >= 0.6 is 0 Å². The van der Waals surface area contributed by atoms with Gasteiger partial charge in [-0.15, -0.1) is 0 Å². The zero-order valence-electron chi connectivity index (χ0n) is 7.13. The predicted octanol–water partition coefficient (Wildman–Crippen LogP) is 0.598. The maximum atomic E-state index is 4.03. The van der Waals surface area contributed by atoms with Gasteiger partial charge in [-0.05, 0) is 6.08 Å². The molecule has 0 fully saturated rings. The van der Waals surface area contributed by atoms with Crippen LogP contribution in [0.15, 0.2) is 6.58 Å². The molecule has 0 bridgehead atoms. The zero-order valence-corrected chi connectivity index (χ0v) is 7.13. The van der Waals surface area contributed by atoms with E-state index in [4.69, 9.17) is 0 Å². The molecule has 0 atom stereocenters. The van der Waals surface area contributed by atoms with E-state index >= 15 is 0 Å². The highest BCUT2D eigenvalue weighted by atomic mass is 15.2. The van der Waals surface area contributed by atoms with Gasteiger partial charge in [0.25, 0.3) is 0 Å². The van der Waals surface area contributed by atoms with Crippen LogP contribution in [0.25, 0.3) is 6.08 Å². The second-order valence-electron chi connectivity index (χ2n) is 2.04. The molecule has 0 aromatic carbocycles. The number of anilines is 2. The van der Waals surface area contributed by atoms with Crippen molar-refractivity contribution < 1.29 is 0 Å². The van der Waals surface area contributed by atoms with Crippen molar-refractivity contribution in [3.05, 3.63) is 12.4 Å². The summed E-state index contributed by atoms with van der Waals surface area (Å²) >= 11 is 0. The SMILES string of the molecule is C=Cc1nc(NC)nc(NC)n1. The van der Waals surface area contributed by atoms with E-state index in [1.807, 2.05) is 0 Å². The molecule has 1 rings (SSSR count). The summed E-state index contributed by atoms with van der Waals surface area (Å²) in [6, 6.07) is 0. The third kappa shape index (κ3) is 1.69. The minimum absolute atomic E-state index is 0.532. The first kappa shape index (κ1) is 8.45. The summed E-state index contributed by atoms with van der Waals surface area (Å²) in [6.07, 6.45) is 1.57. The summed E-state index contributed by atoms with van der Waals surface area (Å²) in [5.74, 6) is 1.62. The quantitative estimate of drug-likeness (QED) is 0.686. The molecule has 1 aromatic rings. The van der Waals surface area contributed by atoms with Crippen LogP contribution in [0.4, 0.5) is 11.9 Å². The molecule has 0 aliphatic heterocycles. The predicted molar refractivity (Wildman–Crippen MR) is 49.0 cm³/mol. The average molecular weight is 165 g/mol. The molecule has 1 heterocycles. The van der Waals surface area contributed by atoms with E-state index in [1.54, 1.807) is 20.2 Å². The summed E-state index contributed by atoms with van der Waals surface area (Å²) in [5.41, 5.74) is 0. The molecule has 1 aromatic heterocycles. The van der Waals surface area contributed by atoms with Crippen molar-refractivity contribution in [2.45, 2.75) is 0 Å². The Hall–Kier alpha value is -1.65. The lowest BCUT2D eigenvalue weighted by Gasteiger charge is -2.02. The van der Waals surface area contributed by atoms with Crippen LogP contribution in [0.2, 0.25) is 0 Å². The molecule has 0 unspecified atom stereocenters. The summed E-state index contributed by atoms with van der Waals surface area (Å²) in [5, 5.41) is 5.65. The van der Waals surface area contributed by atoms with E-state index in [1.165, 1.54) is 0 Å². The van der Waals surface area contributed by atoms with Gasteiger partial charge < -0.3 is 10.6 Å². The minimum Gasteiger partial charge on any atom is -0.357 e. The van der Waals surface area contributed by atoms with Gasteiger partial charge in [-0.25, -0.2) is 0 Å². The summed E-state index contributed by atoms with van der Waals surface area (Å²) in [7, 11) is 3.50. The van der Waals surface area contributed by atoms with Crippen molar-refractivity contribution in [3.63, 3.8) is 0 Å². The number of aromatic nitrogens is 3. The molecule has 64 valence electrons. The van der Waals surface area contributed by atoms with Gasteiger partial charge >= 0.3 is 0 Å². The smallest absolute Gasteiger partial charge is 0.227 e. The van der Waals surface area contributed by atoms with E-state index in [2.05, 4.69) is 32.2 Å². The number of rotatable bonds is 3. The number of hydrogen-bond acceptors (Lipinski definition) is 5. The van der Waals surface area contributed by atoms with Gasteiger partial charge in [0.15, 0.2) is 5.82 Å². The summed E-state index contributed by atoms with van der Waals surface area (Å²) < 4.78 is 0.